The molecule has 0 saturated carbocycles. The molecule has 0 aliphatic heterocycles. The topological polar surface area (TPSA) is 86.0 Å². The molecule has 0 N–H and O–H groups in total. The Labute approximate surface area is 140 Å². The molecule has 0 radical (unpaired) electrons. The van der Waals surface area contributed by atoms with Crippen molar-refractivity contribution in [3.05, 3.63) is 60.2 Å². The molecule has 0 aliphatic rings. The molecular formula is C17H17N3O3S. The summed E-state index contributed by atoms with van der Waals surface area (Å²) in [5.74, 6) is 1.19. The standard InChI is InChI=1S/C17H17N3O3S/c1-2-24(21,22)15-6-3-13(4-7-15)5-8-16-19-17(20-23-16)14-9-11-18-12-10-14/h3-4,6-7,9-12H,2,5,8H2,1H3. The van der Waals surface area contributed by atoms with Crippen molar-refractivity contribution in [2.24, 2.45) is 0 Å². The lowest BCUT2D eigenvalue weighted by molar-refractivity contribution is 0.379. The Hall–Kier alpha value is -2.54. The second kappa shape index (κ2) is 6.92. The van der Waals surface area contributed by atoms with Crippen LogP contribution < -0.4 is 0 Å². The van der Waals surface area contributed by atoms with E-state index in [-0.39, 0.29) is 5.75 Å². The van der Waals surface area contributed by atoms with Gasteiger partial charge in [0.25, 0.3) is 0 Å². The summed E-state index contributed by atoms with van der Waals surface area (Å²) in [6, 6.07) is 10.6. The van der Waals surface area contributed by atoms with Crippen molar-refractivity contribution in [2.75, 3.05) is 5.75 Å². The summed E-state index contributed by atoms with van der Waals surface area (Å²) in [7, 11) is -3.16. The molecule has 7 heteroatoms. The molecule has 0 unspecified atom stereocenters. The molecular weight excluding hydrogens is 326 g/mol. The molecule has 6 nitrogen and oxygen atoms in total. The van der Waals surface area contributed by atoms with Gasteiger partial charge >= 0.3 is 0 Å². The molecule has 2 aromatic heterocycles. The van der Waals surface area contributed by atoms with E-state index in [1.54, 1.807) is 31.5 Å². The highest BCUT2D eigenvalue weighted by atomic mass is 32.2. The Morgan fingerprint density at radius 3 is 2.38 bits per heavy atom. The van der Waals surface area contributed by atoms with Gasteiger partial charge in [-0.15, -0.1) is 0 Å². The fourth-order valence-electron chi connectivity index (χ4n) is 2.26. The van der Waals surface area contributed by atoms with Gasteiger partial charge in [-0.05, 0) is 36.2 Å². The zero-order chi connectivity index (χ0) is 17.0. The third-order valence-corrected chi connectivity index (χ3v) is 5.45. The number of nitrogens with zero attached hydrogens (tertiary/aromatic N) is 3. The highest BCUT2D eigenvalue weighted by molar-refractivity contribution is 7.91. The van der Waals surface area contributed by atoms with Crippen LogP contribution in [0.1, 0.15) is 18.4 Å². The Bertz CT molecular complexity index is 904. The van der Waals surface area contributed by atoms with Crippen molar-refractivity contribution in [3.63, 3.8) is 0 Å². The lowest BCUT2D eigenvalue weighted by Gasteiger charge is -2.03. The first kappa shape index (κ1) is 16.3. The van der Waals surface area contributed by atoms with Crippen molar-refractivity contribution < 1.29 is 12.9 Å². The van der Waals surface area contributed by atoms with Crippen LogP contribution in [-0.4, -0.2) is 29.3 Å². The summed E-state index contributed by atoms with van der Waals surface area (Å²) in [6.07, 6.45) is 4.65. The Balaban J connectivity index is 1.65. The molecule has 1 aromatic carbocycles. The van der Waals surface area contributed by atoms with Gasteiger partial charge in [-0.2, -0.15) is 4.98 Å². The minimum absolute atomic E-state index is 0.103. The van der Waals surface area contributed by atoms with E-state index >= 15 is 0 Å². The Morgan fingerprint density at radius 1 is 1.00 bits per heavy atom. The van der Waals surface area contributed by atoms with Crippen LogP contribution >= 0.6 is 0 Å². The van der Waals surface area contributed by atoms with Crippen LogP contribution in [0.5, 0.6) is 0 Å². The summed E-state index contributed by atoms with van der Waals surface area (Å²) in [6.45, 7) is 1.64. The fourth-order valence-corrected chi connectivity index (χ4v) is 3.14. The molecule has 0 fully saturated rings. The molecule has 0 atom stereocenters. The van der Waals surface area contributed by atoms with Crippen molar-refractivity contribution >= 4 is 9.84 Å². The molecule has 2 heterocycles. The SMILES string of the molecule is CCS(=O)(=O)c1ccc(CCc2nc(-c3ccncc3)no2)cc1. The van der Waals surface area contributed by atoms with Gasteiger partial charge in [0.1, 0.15) is 0 Å². The van der Waals surface area contributed by atoms with E-state index in [0.29, 0.717) is 29.5 Å². The summed E-state index contributed by atoms with van der Waals surface area (Å²) >= 11 is 0. The number of rotatable bonds is 6. The molecule has 0 aliphatic carbocycles. The maximum atomic E-state index is 11.8. The van der Waals surface area contributed by atoms with Crippen LogP contribution in [0, 0.1) is 0 Å². The van der Waals surface area contributed by atoms with Gasteiger partial charge in [0.2, 0.25) is 11.7 Å². The number of hydrogen-bond donors (Lipinski definition) is 0. The Morgan fingerprint density at radius 2 is 1.71 bits per heavy atom. The van der Waals surface area contributed by atoms with Gasteiger partial charge in [-0.25, -0.2) is 8.42 Å². The van der Waals surface area contributed by atoms with E-state index in [9.17, 15) is 8.42 Å². The number of pyridine rings is 1. The third-order valence-electron chi connectivity index (χ3n) is 3.70. The second-order valence-electron chi connectivity index (χ2n) is 5.29. The van der Waals surface area contributed by atoms with Crippen LogP contribution in [0.4, 0.5) is 0 Å². The number of hydrogen-bond acceptors (Lipinski definition) is 6. The normalized spacial score (nSPS) is 11.5. The number of benzene rings is 1. The largest absolute Gasteiger partial charge is 0.339 e. The van der Waals surface area contributed by atoms with Gasteiger partial charge in [-0.1, -0.05) is 24.2 Å². The zero-order valence-corrected chi connectivity index (χ0v) is 14.0. The molecule has 0 spiro atoms. The smallest absolute Gasteiger partial charge is 0.227 e. The first-order valence-electron chi connectivity index (χ1n) is 7.63. The van der Waals surface area contributed by atoms with Gasteiger partial charge in [0.05, 0.1) is 10.6 Å². The number of aryl methyl sites for hydroxylation is 2. The van der Waals surface area contributed by atoms with E-state index < -0.39 is 9.84 Å². The third kappa shape index (κ3) is 3.68. The lowest BCUT2D eigenvalue weighted by Crippen LogP contribution is -2.03. The van der Waals surface area contributed by atoms with Crippen LogP contribution in [0.3, 0.4) is 0 Å². The molecule has 0 saturated heterocycles. The van der Waals surface area contributed by atoms with E-state index in [2.05, 4.69) is 15.1 Å². The van der Waals surface area contributed by atoms with Crippen LogP contribution in [0.25, 0.3) is 11.4 Å². The number of aromatic nitrogens is 3. The van der Waals surface area contributed by atoms with Crippen LogP contribution in [-0.2, 0) is 22.7 Å². The molecule has 0 amide bonds. The summed E-state index contributed by atoms with van der Waals surface area (Å²) < 4.78 is 28.8. The van der Waals surface area contributed by atoms with Crippen LogP contribution in [0.15, 0.2) is 58.2 Å². The van der Waals surface area contributed by atoms with Gasteiger partial charge in [0.15, 0.2) is 9.84 Å². The predicted molar refractivity (Wildman–Crippen MR) is 89.1 cm³/mol. The quantitative estimate of drug-likeness (QED) is 0.684. The summed E-state index contributed by atoms with van der Waals surface area (Å²) in [5, 5.41) is 3.96. The molecule has 3 rings (SSSR count). The number of sulfone groups is 1. The molecule has 24 heavy (non-hydrogen) atoms. The highest BCUT2D eigenvalue weighted by Gasteiger charge is 2.12. The van der Waals surface area contributed by atoms with E-state index in [0.717, 1.165) is 11.1 Å². The molecule has 124 valence electrons. The minimum atomic E-state index is -3.16. The Kier molecular flexibility index (Phi) is 4.71. The van der Waals surface area contributed by atoms with E-state index in [1.165, 1.54) is 0 Å². The lowest BCUT2D eigenvalue weighted by atomic mass is 10.1. The van der Waals surface area contributed by atoms with Crippen molar-refractivity contribution in [1.29, 1.82) is 0 Å². The van der Waals surface area contributed by atoms with Crippen molar-refractivity contribution in [2.45, 2.75) is 24.7 Å². The predicted octanol–water partition coefficient (Wildman–Crippen LogP) is 2.71. The maximum absolute atomic E-state index is 11.8. The van der Waals surface area contributed by atoms with Crippen molar-refractivity contribution in [3.8, 4) is 11.4 Å². The second-order valence-corrected chi connectivity index (χ2v) is 7.57. The zero-order valence-electron chi connectivity index (χ0n) is 13.2. The first-order chi connectivity index (χ1) is 11.6. The molecule has 3 aromatic rings. The minimum Gasteiger partial charge on any atom is -0.339 e. The summed E-state index contributed by atoms with van der Waals surface area (Å²) in [4.78, 5) is 8.67. The first-order valence-corrected chi connectivity index (χ1v) is 9.28. The molecule has 0 bridgehead atoms. The summed E-state index contributed by atoms with van der Waals surface area (Å²) in [5.41, 5.74) is 1.88. The van der Waals surface area contributed by atoms with Gasteiger partial charge < -0.3 is 4.52 Å². The fraction of sp³-hybridized carbons (Fsp3) is 0.235. The van der Waals surface area contributed by atoms with E-state index in [1.807, 2.05) is 24.3 Å². The van der Waals surface area contributed by atoms with Crippen molar-refractivity contribution in [1.82, 2.24) is 15.1 Å². The average Bonchev–Trinajstić information content (AvgIpc) is 3.10. The van der Waals surface area contributed by atoms with E-state index in [4.69, 9.17) is 4.52 Å². The van der Waals surface area contributed by atoms with Crippen LogP contribution in [0.2, 0.25) is 0 Å². The maximum Gasteiger partial charge on any atom is 0.227 e. The van der Waals surface area contributed by atoms with Gasteiger partial charge in [0, 0.05) is 24.4 Å². The average molecular weight is 343 g/mol. The highest BCUT2D eigenvalue weighted by Crippen LogP contribution is 2.16. The monoisotopic (exact) mass is 343 g/mol. The van der Waals surface area contributed by atoms with Gasteiger partial charge in [-0.3, -0.25) is 4.98 Å².